The quantitative estimate of drug-likeness (QED) is 0.806. The number of hydrogen-bond acceptors (Lipinski definition) is 5. The van der Waals surface area contributed by atoms with Gasteiger partial charge in [-0.15, -0.1) is 11.3 Å². The molecule has 1 rings (SSSR count). The molecule has 5 heteroatoms. The van der Waals surface area contributed by atoms with Crippen molar-refractivity contribution in [2.75, 3.05) is 26.3 Å². The third-order valence-electron chi connectivity index (χ3n) is 2.51. The van der Waals surface area contributed by atoms with Crippen molar-refractivity contribution >= 4 is 11.3 Å². The first-order valence-corrected chi connectivity index (χ1v) is 6.74. The molecule has 0 aromatic carbocycles. The summed E-state index contributed by atoms with van der Waals surface area (Å²) in [5.41, 5.74) is 1.18. The highest BCUT2D eigenvalue weighted by Gasteiger charge is 2.18. The smallest absolute Gasteiger partial charge is 0.107 e. The minimum Gasteiger partial charge on any atom is -0.395 e. The molecule has 0 amide bonds. The molecule has 0 aliphatic carbocycles. The summed E-state index contributed by atoms with van der Waals surface area (Å²) in [6, 6.07) is 0. The van der Waals surface area contributed by atoms with Crippen LogP contribution in [0.3, 0.4) is 0 Å². The number of aliphatic hydroxyl groups is 2. The molecule has 0 unspecified atom stereocenters. The van der Waals surface area contributed by atoms with Crippen LogP contribution in [-0.4, -0.2) is 46.4 Å². The summed E-state index contributed by atoms with van der Waals surface area (Å²) in [5, 5.41) is 21.0. The number of hydrogen-bond donors (Lipinski definition) is 2. The summed E-state index contributed by atoms with van der Waals surface area (Å²) in [7, 11) is 0. The first-order valence-electron chi connectivity index (χ1n) is 5.86. The van der Waals surface area contributed by atoms with Crippen LogP contribution in [0, 0.1) is 0 Å². The van der Waals surface area contributed by atoms with Crippen LogP contribution in [-0.2, 0) is 12.0 Å². The van der Waals surface area contributed by atoms with Gasteiger partial charge in [0.15, 0.2) is 0 Å². The van der Waals surface area contributed by atoms with Gasteiger partial charge in [0, 0.05) is 23.9 Å². The van der Waals surface area contributed by atoms with Crippen molar-refractivity contribution in [3.8, 4) is 0 Å². The van der Waals surface area contributed by atoms with E-state index in [1.165, 1.54) is 0 Å². The van der Waals surface area contributed by atoms with Gasteiger partial charge in [-0.1, -0.05) is 20.8 Å². The Hall–Kier alpha value is -0.490. The van der Waals surface area contributed by atoms with Crippen molar-refractivity contribution in [2.24, 2.45) is 0 Å². The van der Waals surface area contributed by atoms with Crippen molar-refractivity contribution < 1.29 is 10.2 Å². The van der Waals surface area contributed by atoms with E-state index in [9.17, 15) is 0 Å². The predicted molar refractivity (Wildman–Crippen MR) is 70.3 cm³/mol. The number of aromatic nitrogens is 1. The molecule has 2 N–H and O–H groups in total. The van der Waals surface area contributed by atoms with E-state index in [0.717, 1.165) is 10.7 Å². The van der Waals surface area contributed by atoms with E-state index in [-0.39, 0.29) is 18.6 Å². The summed E-state index contributed by atoms with van der Waals surface area (Å²) >= 11 is 1.64. The van der Waals surface area contributed by atoms with Crippen molar-refractivity contribution in [3.05, 3.63) is 16.1 Å². The topological polar surface area (TPSA) is 56.6 Å². The molecule has 0 spiro atoms. The summed E-state index contributed by atoms with van der Waals surface area (Å²) < 4.78 is 0. The second-order valence-corrected chi connectivity index (χ2v) is 6.04. The Labute approximate surface area is 107 Å². The average molecular weight is 258 g/mol. The van der Waals surface area contributed by atoms with Crippen LogP contribution in [0.4, 0.5) is 0 Å². The maximum Gasteiger partial charge on any atom is 0.107 e. The number of nitrogens with zero attached hydrogens (tertiary/aromatic N) is 2. The van der Waals surface area contributed by atoms with E-state index in [2.05, 4.69) is 31.1 Å². The molecule has 0 fully saturated rings. The van der Waals surface area contributed by atoms with Gasteiger partial charge in [-0.05, 0) is 0 Å². The van der Waals surface area contributed by atoms with Crippen LogP contribution in [0.1, 0.15) is 31.5 Å². The Morgan fingerprint density at radius 3 is 2.24 bits per heavy atom. The molecular weight excluding hydrogens is 236 g/mol. The Morgan fingerprint density at radius 2 is 1.82 bits per heavy atom. The molecule has 17 heavy (non-hydrogen) atoms. The van der Waals surface area contributed by atoms with Crippen LogP contribution in [0.5, 0.6) is 0 Å². The Morgan fingerprint density at radius 1 is 1.24 bits per heavy atom. The van der Waals surface area contributed by atoms with Gasteiger partial charge in [0.25, 0.3) is 0 Å². The SMILES string of the molecule is CC(C)(C)c1csc(CN(CCO)CCO)n1. The lowest BCUT2D eigenvalue weighted by atomic mass is 9.93. The fourth-order valence-electron chi connectivity index (χ4n) is 1.47. The molecule has 1 heterocycles. The zero-order valence-electron chi connectivity index (χ0n) is 10.8. The Bertz CT molecular complexity index is 327. The summed E-state index contributed by atoms with van der Waals surface area (Å²) in [6.07, 6.45) is 0. The van der Waals surface area contributed by atoms with Crippen molar-refractivity contribution in [1.82, 2.24) is 9.88 Å². The normalized spacial score (nSPS) is 12.4. The van der Waals surface area contributed by atoms with E-state index in [4.69, 9.17) is 10.2 Å². The van der Waals surface area contributed by atoms with E-state index < -0.39 is 0 Å². The van der Waals surface area contributed by atoms with E-state index in [1.807, 2.05) is 4.90 Å². The Kier molecular flexibility index (Phi) is 5.52. The zero-order valence-corrected chi connectivity index (χ0v) is 11.6. The second-order valence-electron chi connectivity index (χ2n) is 5.10. The van der Waals surface area contributed by atoms with Gasteiger partial charge in [0.05, 0.1) is 25.5 Å². The third-order valence-corrected chi connectivity index (χ3v) is 3.35. The highest BCUT2D eigenvalue weighted by Crippen LogP contribution is 2.24. The Balaban J connectivity index is 2.63. The largest absolute Gasteiger partial charge is 0.395 e. The molecule has 98 valence electrons. The molecule has 0 atom stereocenters. The van der Waals surface area contributed by atoms with Gasteiger partial charge in [0.2, 0.25) is 0 Å². The molecule has 0 saturated heterocycles. The second kappa shape index (κ2) is 6.44. The molecule has 4 nitrogen and oxygen atoms in total. The van der Waals surface area contributed by atoms with E-state index in [1.54, 1.807) is 11.3 Å². The van der Waals surface area contributed by atoms with E-state index in [0.29, 0.717) is 19.6 Å². The molecule has 1 aromatic heterocycles. The maximum atomic E-state index is 8.94. The summed E-state index contributed by atoms with van der Waals surface area (Å²) in [5.74, 6) is 0. The standard InChI is InChI=1S/C12H22N2O2S/c1-12(2,3)10-9-17-11(13-10)8-14(4-6-15)5-7-16/h9,15-16H,4-8H2,1-3H3. The lowest BCUT2D eigenvalue weighted by molar-refractivity contribution is 0.155. The number of thiazole rings is 1. The van der Waals surface area contributed by atoms with Crippen molar-refractivity contribution in [3.63, 3.8) is 0 Å². The van der Waals surface area contributed by atoms with Gasteiger partial charge >= 0.3 is 0 Å². The van der Waals surface area contributed by atoms with Crippen LogP contribution >= 0.6 is 11.3 Å². The maximum absolute atomic E-state index is 8.94. The third kappa shape index (κ3) is 4.71. The molecule has 1 aromatic rings. The minimum absolute atomic E-state index is 0.0769. The van der Waals surface area contributed by atoms with Crippen LogP contribution in [0.15, 0.2) is 5.38 Å². The zero-order chi connectivity index (χ0) is 12.9. The fourth-order valence-corrected chi connectivity index (χ4v) is 2.53. The first kappa shape index (κ1) is 14.6. The fraction of sp³-hybridized carbons (Fsp3) is 0.750. The van der Waals surface area contributed by atoms with Gasteiger partial charge in [-0.3, -0.25) is 4.90 Å². The van der Waals surface area contributed by atoms with E-state index >= 15 is 0 Å². The monoisotopic (exact) mass is 258 g/mol. The minimum atomic E-state index is 0.0769. The van der Waals surface area contributed by atoms with Crippen LogP contribution in [0.2, 0.25) is 0 Å². The number of aliphatic hydroxyl groups excluding tert-OH is 2. The highest BCUT2D eigenvalue weighted by molar-refractivity contribution is 7.09. The van der Waals surface area contributed by atoms with Crippen molar-refractivity contribution in [2.45, 2.75) is 32.7 Å². The lowest BCUT2D eigenvalue weighted by Gasteiger charge is -2.18. The van der Waals surface area contributed by atoms with Crippen LogP contribution < -0.4 is 0 Å². The number of rotatable bonds is 6. The predicted octanol–water partition coefficient (Wildman–Crippen LogP) is 1.23. The van der Waals surface area contributed by atoms with Gasteiger partial charge in [0.1, 0.15) is 5.01 Å². The van der Waals surface area contributed by atoms with Gasteiger partial charge < -0.3 is 10.2 Å². The molecule has 0 aliphatic rings. The summed E-state index contributed by atoms with van der Waals surface area (Å²) in [6.45, 7) is 8.49. The lowest BCUT2D eigenvalue weighted by Crippen LogP contribution is -2.29. The summed E-state index contributed by atoms with van der Waals surface area (Å²) in [4.78, 5) is 6.60. The molecule has 0 aliphatic heterocycles. The molecule has 0 saturated carbocycles. The highest BCUT2D eigenvalue weighted by atomic mass is 32.1. The van der Waals surface area contributed by atoms with Crippen LogP contribution in [0.25, 0.3) is 0 Å². The van der Waals surface area contributed by atoms with Gasteiger partial charge in [-0.25, -0.2) is 4.98 Å². The van der Waals surface area contributed by atoms with Crippen molar-refractivity contribution in [1.29, 1.82) is 0 Å². The first-order chi connectivity index (χ1) is 7.97. The van der Waals surface area contributed by atoms with Gasteiger partial charge in [-0.2, -0.15) is 0 Å². The molecule has 0 radical (unpaired) electrons. The molecule has 0 bridgehead atoms. The molecular formula is C12H22N2O2S. The average Bonchev–Trinajstić information content (AvgIpc) is 2.66.